The van der Waals surface area contributed by atoms with Gasteiger partial charge in [-0.05, 0) is 103 Å². The molecule has 0 radical (unpaired) electrons. The van der Waals surface area contributed by atoms with Crippen LogP contribution in [-0.4, -0.2) is 17.0 Å². The smallest absolute Gasteiger partial charge is 0.335 e. The number of nitrogens with zero attached hydrogens (tertiary/aromatic N) is 1. The molecule has 4 aromatic carbocycles. The number of hydrogen-bond donors (Lipinski definition) is 2. The van der Waals surface area contributed by atoms with E-state index >= 15 is 0 Å². The average molecular weight is 700 g/mol. The molecule has 0 saturated heterocycles. The summed E-state index contributed by atoms with van der Waals surface area (Å²) >= 11 is 4.36. The molecule has 4 rings (SSSR count). The van der Waals surface area contributed by atoms with Crippen molar-refractivity contribution in [1.29, 1.82) is 5.26 Å². The van der Waals surface area contributed by atoms with Crippen molar-refractivity contribution < 1.29 is 19.4 Å². The third kappa shape index (κ3) is 6.03. The fourth-order valence-corrected chi connectivity index (χ4v) is 5.74. The third-order valence-corrected chi connectivity index (χ3v) is 6.92. The van der Waals surface area contributed by atoms with Crippen molar-refractivity contribution >= 4 is 79.6 Å². The quantitative estimate of drug-likeness (QED) is 0.125. The Morgan fingerprint density at radius 2 is 1.67 bits per heavy atom. The highest BCUT2D eigenvalue weighted by Gasteiger charge is 2.14. The van der Waals surface area contributed by atoms with Crippen LogP contribution in [0.5, 0.6) is 5.75 Å². The maximum atomic E-state index is 12.7. The van der Waals surface area contributed by atoms with Gasteiger partial charge in [-0.2, -0.15) is 5.26 Å². The predicted octanol–water partition coefficient (Wildman–Crippen LogP) is 6.87. The molecule has 0 unspecified atom stereocenters. The molecular formula is C28H18I2N2O4. The summed E-state index contributed by atoms with van der Waals surface area (Å²) in [7, 11) is 0. The summed E-state index contributed by atoms with van der Waals surface area (Å²) in [5, 5.41) is 23.6. The molecule has 0 aliphatic rings. The Kier molecular flexibility index (Phi) is 8.22. The lowest BCUT2D eigenvalue weighted by Gasteiger charge is -2.13. The number of aromatic carboxylic acids is 1. The molecule has 0 heterocycles. The molecule has 6 nitrogen and oxygen atoms in total. The molecule has 4 aromatic rings. The highest BCUT2D eigenvalue weighted by Crippen LogP contribution is 2.31. The number of fused-ring (bicyclic) bond motifs is 1. The van der Waals surface area contributed by atoms with Crippen molar-refractivity contribution in [2.75, 3.05) is 5.32 Å². The molecule has 36 heavy (non-hydrogen) atoms. The van der Waals surface area contributed by atoms with Crippen LogP contribution in [0.3, 0.4) is 0 Å². The minimum Gasteiger partial charge on any atom is -0.487 e. The SMILES string of the molecule is N#C/C(=C/c1cc(I)c(OCc2cccc3ccccc23)c(I)c1)C(=O)Nc1cccc(C(=O)O)c1. The Morgan fingerprint density at radius 1 is 0.972 bits per heavy atom. The standard InChI is InChI=1S/C28H18I2N2O4/c29-24-12-17(11-21(15-31)27(33)32-22-9-4-7-19(14-22)28(34)35)13-25(30)26(24)36-16-20-8-3-6-18-5-1-2-10-23(18)20/h1-14H,16H2,(H,32,33)(H,34,35)/b21-11-. The molecule has 0 fully saturated rings. The number of carboxylic acids is 1. The van der Waals surface area contributed by atoms with E-state index in [1.807, 2.05) is 42.5 Å². The van der Waals surface area contributed by atoms with Crippen LogP contribution in [0, 0.1) is 18.5 Å². The molecule has 8 heteroatoms. The van der Waals surface area contributed by atoms with Crippen LogP contribution in [0.25, 0.3) is 16.8 Å². The zero-order valence-electron chi connectivity index (χ0n) is 18.7. The monoisotopic (exact) mass is 700 g/mol. The van der Waals surface area contributed by atoms with Gasteiger partial charge in [0.15, 0.2) is 0 Å². The van der Waals surface area contributed by atoms with Gasteiger partial charge in [-0.1, -0.05) is 48.5 Å². The van der Waals surface area contributed by atoms with Gasteiger partial charge in [0.1, 0.15) is 24.0 Å². The van der Waals surface area contributed by atoms with E-state index in [0.717, 1.165) is 29.2 Å². The van der Waals surface area contributed by atoms with Gasteiger partial charge in [-0.3, -0.25) is 4.79 Å². The van der Waals surface area contributed by atoms with E-state index in [4.69, 9.17) is 9.84 Å². The summed E-state index contributed by atoms with van der Waals surface area (Å²) in [6.45, 7) is 0.407. The van der Waals surface area contributed by atoms with Crippen molar-refractivity contribution in [3.63, 3.8) is 0 Å². The maximum absolute atomic E-state index is 12.7. The fourth-order valence-electron chi connectivity index (χ4n) is 3.61. The Bertz CT molecular complexity index is 1530. The lowest BCUT2D eigenvalue weighted by molar-refractivity contribution is -0.112. The van der Waals surface area contributed by atoms with Crippen molar-refractivity contribution in [1.82, 2.24) is 0 Å². The second-order valence-electron chi connectivity index (χ2n) is 7.75. The Hall–Kier alpha value is -3.43. The van der Waals surface area contributed by atoms with Crippen LogP contribution in [0.15, 0.2) is 84.4 Å². The molecule has 2 N–H and O–H groups in total. The molecule has 0 atom stereocenters. The topological polar surface area (TPSA) is 99.4 Å². The van der Waals surface area contributed by atoms with E-state index in [-0.39, 0.29) is 11.1 Å². The van der Waals surface area contributed by atoms with Crippen LogP contribution < -0.4 is 10.1 Å². The number of carbonyl (C=O) groups is 2. The lowest BCUT2D eigenvalue weighted by atomic mass is 10.1. The number of anilines is 1. The highest BCUT2D eigenvalue weighted by atomic mass is 127. The Morgan fingerprint density at radius 3 is 2.39 bits per heavy atom. The summed E-state index contributed by atoms with van der Waals surface area (Å²) in [6.07, 6.45) is 1.50. The first-order chi connectivity index (χ1) is 17.4. The largest absolute Gasteiger partial charge is 0.487 e. The van der Waals surface area contributed by atoms with Crippen LogP contribution in [0.1, 0.15) is 21.5 Å². The summed E-state index contributed by atoms with van der Waals surface area (Å²) < 4.78 is 7.87. The van der Waals surface area contributed by atoms with Gasteiger partial charge in [-0.15, -0.1) is 0 Å². The predicted molar refractivity (Wildman–Crippen MR) is 156 cm³/mol. The number of amides is 1. The van der Waals surface area contributed by atoms with Gasteiger partial charge in [0.05, 0.1) is 12.7 Å². The first-order valence-corrected chi connectivity index (χ1v) is 12.9. The minimum atomic E-state index is -1.10. The summed E-state index contributed by atoms with van der Waals surface area (Å²) in [5.74, 6) is -0.995. The number of rotatable bonds is 7. The summed E-state index contributed by atoms with van der Waals surface area (Å²) in [6, 6.07) is 25.7. The van der Waals surface area contributed by atoms with Crippen molar-refractivity contribution in [3.05, 3.63) is 108 Å². The van der Waals surface area contributed by atoms with Gasteiger partial charge in [0.2, 0.25) is 0 Å². The number of nitriles is 1. The van der Waals surface area contributed by atoms with E-state index in [0.29, 0.717) is 17.9 Å². The number of benzene rings is 4. The fraction of sp³-hybridized carbons (Fsp3) is 0.0357. The molecule has 0 aromatic heterocycles. The number of halogens is 2. The molecule has 1 amide bonds. The van der Waals surface area contributed by atoms with Crippen LogP contribution in [-0.2, 0) is 11.4 Å². The third-order valence-electron chi connectivity index (χ3n) is 5.32. The van der Waals surface area contributed by atoms with Crippen LogP contribution in [0.4, 0.5) is 5.69 Å². The van der Waals surface area contributed by atoms with Gasteiger partial charge < -0.3 is 15.2 Å². The van der Waals surface area contributed by atoms with Gasteiger partial charge in [0.25, 0.3) is 5.91 Å². The van der Waals surface area contributed by atoms with Crippen LogP contribution in [0.2, 0.25) is 0 Å². The molecule has 0 aliphatic heterocycles. The van der Waals surface area contributed by atoms with Crippen molar-refractivity contribution in [3.8, 4) is 11.8 Å². The van der Waals surface area contributed by atoms with Crippen molar-refractivity contribution in [2.45, 2.75) is 6.61 Å². The van der Waals surface area contributed by atoms with E-state index in [9.17, 15) is 14.9 Å². The molecule has 0 aliphatic carbocycles. The number of nitrogens with one attached hydrogen (secondary N) is 1. The number of ether oxygens (including phenoxy) is 1. The maximum Gasteiger partial charge on any atom is 0.335 e. The first kappa shape index (κ1) is 25.7. The van der Waals surface area contributed by atoms with Gasteiger partial charge >= 0.3 is 5.97 Å². The lowest BCUT2D eigenvalue weighted by Crippen LogP contribution is -2.14. The second kappa shape index (κ2) is 11.5. The first-order valence-electron chi connectivity index (χ1n) is 10.7. The van der Waals surface area contributed by atoms with E-state index in [1.54, 1.807) is 6.07 Å². The zero-order valence-corrected chi connectivity index (χ0v) is 23.0. The highest BCUT2D eigenvalue weighted by molar-refractivity contribution is 14.1. The molecule has 178 valence electrons. The molecule has 0 spiro atoms. The average Bonchev–Trinajstić information content (AvgIpc) is 2.87. The van der Waals surface area contributed by atoms with E-state index in [1.165, 1.54) is 24.3 Å². The Labute approximate surface area is 234 Å². The minimum absolute atomic E-state index is 0.0403. The van der Waals surface area contributed by atoms with E-state index in [2.05, 4.69) is 68.7 Å². The summed E-state index contributed by atoms with van der Waals surface area (Å²) in [5.41, 5.74) is 1.99. The molecular weight excluding hydrogens is 682 g/mol. The second-order valence-corrected chi connectivity index (χ2v) is 10.1. The summed E-state index contributed by atoms with van der Waals surface area (Å²) in [4.78, 5) is 23.8. The van der Waals surface area contributed by atoms with Gasteiger partial charge in [-0.25, -0.2) is 4.79 Å². The number of hydrogen-bond acceptors (Lipinski definition) is 4. The van der Waals surface area contributed by atoms with E-state index < -0.39 is 11.9 Å². The number of carboxylic acid groups (broad SMARTS) is 1. The Balaban J connectivity index is 1.53. The van der Waals surface area contributed by atoms with Gasteiger partial charge in [0, 0.05) is 5.69 Å². The molecule has 0 bridgehead atoms. The van der Waals surface area contributed by atoms with Crippen molar-refractivity contribution in [2.24, 2.45) is 0 Å². The normalized spacial score (nSPS) is 11.1. The van der Waals surface area contributed by atoms with Crippen LogP contribution >= 0.6 is 45.2 Å². The zero-order chi connectivity index (χ0) is 25.7. The number of carbonyl (C=O) groups excluding carboxylic acids is 1. The molecule has 0 saturated carbocycles.